The van der Waals surface area contributed by atoms with Gasteiger partial charge in [-0.25, -0.2) is 19.3 Å². The molecule has 27 heavy (non-hydrogen) atoms. The summed E-state index contributed by atoms with van der Waals surface area (Å²) in [5.74, 6) is 0.465. The molecule has 0 amide bonds. The molecule has 1 aliphatic heterocycles. The van der Waals surface area contributed by atoms with E-state index in [4.69, 9.17) is 10.00 Å². The number of pyridine rings is 1. The Kier molecular flexibility index (Phi) is 3.51. The number of nitrogens with zero attached hydrogens (tertiary/aromatic N) is 6. The van der Waals surface area contributed by atoms with E-state index in [-0.39, 0.29) is 11.7 Å². The number of hydrogen-bond acceptors (Lipinski definition) is 6. The van der Waals surface area contributed by atoms with Gasteiger partial charge in [0, 0.05) is 25.5 Å². The maximum absolute atomic E-state index is 12.5. The van der Waals surface area contributed by atoms with Crippen molar-refractivity contribution in [1.29, 1.82) is 5.26 Å². The van der Waals surface area contributed by atoms with Gasteiger partial charge in [0.25, 0.3) is 0 Å². The first-order valence-electron chi connectivity index (χ1n) is 8.67. The summed E-state index contributed by atoms with van der Waals surface area (Å²) in [6.45, 7) is 1.26. The third-order valence-corrected chi connectivity index (χ3v) is 4.90. The van der Waals surface area contributed by atoms with Crippen molar-refractivity contribution >= 4 is 16.7 Å². The Hall–Kier alpha value is -3.51. The Labute approximate surface area is 152 Å². The lowest BCUT2D eigenvalue weighted by atomic mass is 10.1. The fraction of sp³-hybridized carbons (Fsp3) is 0.278. The first-order valence-corrected chi connectivity index (χ1v) is 8.67. The highest BCUT2D eigenvalue weighted by molar-refractivity contribution is 5.80. The van der Waals surface area contributed by atoms with Crippen molar-refractivity contribution < 1.29 is 4.74 Å². The van der Waals surface area contributed by atoms with Crippen LogP contribution in [0.2, 0.25) is 0 Å². The molecule has 1 fully saturated rings. The van der Waals surface area contributed by atoms with Gasteiger partial charge >= 0.3 is 5.69 Å². The number of H-pyrrole nitrogens is 1. The number of rotatable bonds is 2. The molecule has 0 radical (unpaired) electrons. The van der Waals surface area contributed by atoms with E-state index in [9.17, 15) is 4.79 Å². The molecule has 0 aliphatic carbocycles. The van der Waals surface area contributed by atoms with Gasteiger partial charge in [0.1, 0.15) is 5.52 Å². The first kappa shape index (κ1) is 15.7. The van der Waals surface area contributed by atoms with Crippen LogP contribution >= 0.6 is 0 Å². The summed E-state index contributed by atoms with van der Waals surface area (Å²) in [6, 6.07) is 5.63. The molecule has 0 spiro atoms. The van der Waals surface area contributed by atoms with E-state index in [0.29, 0.717) is 41.3 Å². The summed E-state index contributed by atoms with van der Waals surface area (Å²) < 4.78 is 8.78. The van der Waals surface area contributed by atoms with Gasteiger partial charge in [-0.15, -0.1) is 0 Å². The zero-order chi connectivity index (χ0) is 18.4. The van der Waals surface area contributed by atoms with Crippen molar-refractivity contribution in [3.63, 3.8) is 0 Å². The van der Waals surface area contributed by atoms with Crippen LogP contribution < -0.4 is 5.69 Å². The lowest BCUT2D eigenvalue weighted by Gasteiger charge is -2.22. The van der Waals surface area contributed by atoms with Crippen molar-refractivity contribution in [1.82, 2.24) is 29.1 Å². The van der Waals surface area contributed by atoms with Crippen LogP contribution in [0.15, 0.2) is 35.5 Å². The van der Waals surface area contributed by atoms with E-state index in [1.807, 2.05) is 0 Å². The maximum atomic E-state index is 12.5. The second-order valence-electron chi connectivity index (χ2n) is 6.49. The van der Waals surface area contributed by atoms with Gasteiger partial charge in [0.2, 0.25) is 0 Å². The Morgan fingerprint density at radius 3 is 2.96 bits per heavy atom. The van der Waals surface area contributed by atoms with E-state index in [1.165, 1.54) is 0 Å². The monoisotopic (exact) mass is 361 g/mol. The molecule has 0 saturated carbocycles. The van der Waals surface area contributed by atoms with E-state index < -0.39 is 0 Å². The van der Waals surface area contributed by atoms with E-state index in [2.05, 4.69) is 26.1 Å². The first-order chi connectivity index (χ1) is 13.2. The standard InChI is InChI=1S/C18H15N7O2/c19-8-11-1-4-24-15(7-11)13(9-21-24)16-20-10-14-17(23-16)25(18(26)22-14)12-2-5-27-6-3-12/h1,4,7,9-10,12H,2-3,5-6H2,(H,22,26). The lowest BCUT2D eigenvalue weighted by Crippen LogP contribution is -2.27. The molecule has 134 valence electrons. The summed E-state index contributed by atoms with van der Waals surface area (Å²) in [7, 11) is 0. The van der Waals surface area contributed by atoms with Gasteiger partial charge in [-0.2, -0.15) is 10.4 Å². The Balaban J connectivity index is 1.69. The van der Waals surface area contributed by atoms with Crippen LogP contribution in [0.1, 0.15) is 24.4 Å². The molecule has 9 heteroatoms. The van der Waals surface area contributed by atoms with Crippen LogP contribution in [0.4, 0.5) is 0 Å². The van der Waals surface area contributed by atoms with Crippen molar-refractivity contribution in [2.24, 2.45) is 0 Å². The van der Waals surface area contributed by atoms with E-state index in [1.54, 1.807) is 39.8 Å². The predicted octanol–water partition coefficient (Wildman–Crippen LogP) is 1.66. The van der Waals surface area contributed by atoms with Crippen molar-refractivity contribution in [2.45, 2.75) is 18.9 Å². The van der Waals surface area contributed by atoms with Gasteiger partial charge in [0.05, 0.1) is 35.1 Å². The van der Waals surface area contributed by atoms with Crippen LogP contribution in [-0.2, 0) is 4.74 Å². The molecule has 0 bridgehead atoms. The molecule has 4 aromatic heterocycles. The molecule has 4 aromatic rings. The number of fused-ring (bicyclic) bond motifs is 2. The third-order valence-electron chi connectivity index (χ3n) is 4.90. The van der Waals surface area contributed by atoms with Gasteiger partial charge in [-0.05, 0) is 25.0 Å². The van der Waals surface area contributed by atoms with Gasteiger partial charge in [0.15, 0.2) is 11.5 Å². The topological polar surface area (TPSA) is 114 Å². The smallest absolute Gasteiger partial charge is 0.327 e. The zero-order valence-electron chi connectivity index (χ0n) is 14.3. The minimum absolute atomic E-state index is 0.0526. The molecule has 0 atom stereocenters. The Morgan fingerprint density at radius 2 is 2.15 bits per heavy atom. The molecule has 0 unspecified atom stereocenters. The summed E-state index contributed by atoms with van der Waals surface area (Å²) >= 11 is 0. The number of imidazole rings is 1. The summed E-state index contributed by atoms with van der Waals surface area (Å²) in [5, 5.41) is 13.5. The van der Waals surface area contributed by atoms with Gasteiger partial charge < -0.3 is 9.72 Å². The number of ether oxygens (including phenoxy) is 1. The normalized spacial score (nSPS) is 15.4. The fourth-order valence-corrected chi connectivity index (χ4v) is 3.55. The van der Waals surface area contributed by atoms with Gasteiger partial charge in [-0.3, -0.25) is 4.57 Å². The quantitative estimate of drug-likeness (QED) is 0.581. The highest BCUT2D eigenvalue weighted by atomic mass is 16.5. The number of nitrogens with one attached hydrogen (secondary N) is 1. The second-order valence-corrected chi connectivity index (χ2v) is 6.49. The highest BCUT2D eigenvalue weighted by Gasteiger charge is 2.22. The van der Waals surface area contributed by atoms with E-state index in [0.717, 1.165) is 18.4 Å². The van der Waals surface area contributed by atoms with E-state index >= 15 is 0 Å². The largest absolute Gasteiger partial charge is 0.381 e. The molecule has 1 N–H and O–H groups in total. The highest BCUT2D eigenvalue weighted by Crippen LogP contribution is 2.26. The zero-order valence-corrected chi connectivity index (χ0v) is 14.3. The summed E-state index contributed by atoms with van der Waals surface area (Å²) in [5.41, 5.74) is 2.98. The molecule has 5 heterocycles. The molecular formula is C18H15N7O2. The minimum Gasteiger partial charge on any atom is -0.381 e. The van der Waals surface area contributed by atoms with Crippen molar-refractivity contribution in [3.8, 4) is 17.5 Å². The number of nitriles is 1. The van der Waals surface area contributed by atoms with Crippen LogP contribution in [0.5, 0.6) is 0 Å². The van der Waals surface area contributed by atoms with Crippen LogP contribution in [0.25, 0.3) is 28.1 Å². The minimum atomic E-state index is -0.185. The number of aromatic nitrogens is 6. The summed E-state index contributed by atoms with van der Waals surface area (Å²) in [6.07, 6.45) is 6.56. The maximum Gasteiger partial charge on any atom is 0.327 e. The number of hydrogen-bond donors (Lipinski definition) is 1. The Bertz CT molecular complexity index is 1250. The molecular weight excluding hydrogens is 346 g/mol. The second kappa shape index (κ2) is 6.03. The van der Waals surface area contributed by atoms with Crippen molar-refractivity contribution in [2.75, 3.05) is 13.2 Å². The molecule has 9 nitrogen and oxygen atoms in total. The van der Waals surface area contributed by atoms with Crippen LogP contribution in [0, 0.1) is 11.3 Å². The van der Waals surface area contributed by atoms with Crippen LogP contribution in [0.3, 0.4) is 0 Å². The van der Waals surface area contributed by atoms with Crippen LogP contribution in [-0.4, -0.2) is 42.3 Å². The Morgan fingerprint density at radius 1 is 1.30 bits per heavy atom. The average molecular weight is 361 g/mol. The molecule has 1 aliphatic rings. The average Bonchev–Trinajstić information content (AvgIpc) is 3.27. The lowest BCUT2D eigenvalue weighted by molar-refractivity contribution is 0.0697. The molecule has 5 rings (SSSR count). The fourth-order valence-electron chi connectivity index (χ4n) is 3.55. The van der Waals surface area contributed by atoms with Gasteiger partial charge in [-0.1, -0.05) is 0 Å². The molecule has 1 saturated heterocycles. The molecule has 0 aromatic carbocycles. The SMILES string of the molecule is N#Cc1ccn2ncc(-c3ncc4[nH]c(=O)n(C5CCOCC5)c4n3)c2c1. The summed E-state index contributed by atoms with van der Waals surface area (Å²) in [4.78, 5) is 24.4. The van der Waals surface area contributed by atoms with Crippen molar-refractivity contribution in [3.05, 3.63) is 46.8 Å². The number of aromatic amines is 1. The third kappa shape index (κ3) is 2.50. The predicted molar refractivity (Wildman–Crippen MR) is 96.1 cm³/mol.